The maximum absolute atomic E-state index is 13.5. The second-order valence-electron chi connectivity index (χ2n) is 5.96. The average Bonchev–Trinajstić information content (AvgIpc) is 3.01. The van der Waals surface area contributed by atoms with Gasteiger partial charge in [0.15, 0.2) is 0 Å². The van der Waals surface area contributed by atoms with Crippen LogP contribution in [0.3, 0.4) is 0 Å². The van der Waals surface area contributed by atoms with E-state index >= 15 is 0 Å². The summed E-state index contributed by atoms with van der Waals surface area (Å²) in [5.74, 6) is -0.832. The Kier molecular flexibility index (Phi) is 6.72. The van der Waals surface area contributed by atoms with Crippen LogP contribution in [0.2, 0.25) is 0 Å². The molecule has 1 fully saturated rings. The van der Waals surface area contributed by atoms with Crippen LogP contribution in [-0.2, 0) is 19.1 Å². The molecule has 1 saturated heterocycles. The first-order valence-corrected chi connectivity index (χ1v) is 8.08. The van der Waals surface area contributed by atoms with Gasteiger partial charge in [0.2, 0.25) is 11.8 Å². The van der Waals surface area contributed by atoms with Gasteiger partial charge >= 0.3 is 0 Å². The summed E-state index contributed by atoms with van der Waals surface area (Å²) in [6.07, 6.45) is 0.414. The molecule has 1 unspecified atom stereocenters. The molecule has 0 saturated carbocycles. The molecule has 1 aliphatic heterocycles. The van der Waals surface area contributed by atoms with E-state index in [-0.39, 0.29) is 25.0 Å². The van der Waals surface area contributed by atoms with E-state index in [2.05, 4.69) is 10.6 Å². The van der Waals surface area contributed by atoms with E-state index in [4.69, 9.17) is 9.47 Å². The maximum atomic E-state index is 13.5. The maximum Gasteiger partial charge on any atom is 0.248 e. The number of methoxy groups -OCH3 is 2. The largest absolute Gasteiger partial charge is 0.383 e. The Hall–Kier alpha value is -2.19. The van der Waals surface area contributed by atoms with Gasteiger partial charge < -0.3 is 25.0 Å². The summed E-state index contributed by atoms with van der Waals surface area (Å²) in [4.78, 5) is 26.4. The number of rotatable bonds is 8. The van der Waals surface area contributed by atoms with Crippen molar-refractivity contribution in [1.82, 2.24) is 10.2 Å². The summed E-state index contributed by atoms with van der Waals surface area (Å²) >= 11 is 0. The highest BCUT2D eigenvalue weighted by Gasteiger charge is 2.46. The normalized spacial score (nSPS) is 19.7. The minimum absolute atomic E-state index is 0.0403. The molecule has 1 aliphatic rings. The Labute approximate surface area is 146 Å². The van der Waals surface area contributed by atoms with Crippen LogP contribution in [0.1, 0.15) is 6.42 Å². The number of ether oxygens (including phenoxy) is 2. The van der Waals surface area contributed by atoms with E-state index in [0.29, 0.717) is 31.8 Å². The van der Waals surface area contributed by atoms with Gasteiger partial charge in [-0.1, -0.05) is 6.07 Å². The van der Waals surface area contributed by atoms with E-state index in [1.807, 2.05) is 0 Å². The van der Waals surface area contributed by atoms with Gasteiger partial charge in [-0.25, -0.2) is 4.39 Å². The molecule has 7 nitrogen and oxygen atoms in total. The zero-order valence-corrected chi connectivity index (χ0v) is 14.5. The molecule has 1 aromatic carbocycles. The molecule has 0 aliphatic carbocycles. The van der Waals surface area contributed by atoms with Gasteiger partial charge in [-0.2, -0.15) is 0 Å². The first kappa shape index (κ1) is 19.1. The van der Waals surface area contributed by atoms with Gasteiger partial charge in [0.05, 0.1) is 13.2 Å². The van der Waals surface area contributed by atoms with Gasteiger partial charge in [0.1, 0.15) is 18.0 Å². The van der Waals surface area contributed by atoms with E-state index in [0.717, 1.165) is 0 Å². The van der Waals surface area contributed by atoms with Crippen molar-refractivity contribution in [3.05, 3.63) is 30.1 Å². The fourth-order valence-electron chi connectivity index (χ4n) is 2.86. The third kappa shape index (κ3) is 4.90. The van der Waals surface area contributed by atoms with Crippen LogP contribution >= 0.6 is 0 Å². The average molecular weight is 353 g/mol. The Bertz CT molecular complexity index is 613. The third-order valence-corrected chi connectivity index (χ3v) is 4.12. The summed E-state index contributed by atoms with van der Waals surface area (Å²) in [6, 6.07) is 5.91. The molecule has 138 valence electrons. The lowest BCUT2D eigenvalue weighted by Crippen LogP contribution is -2.55. The number of anilines is 1. The molecule has 2 amide bonds. The fraction of sp³-hybridized carbons (Fsp3) is 0.529. The van der Waals surface area contributed by atoms with Crippen molar-refractivity contribution in [2.24, 2.45) is 0 Å². The number of benzene rings is 1. The molecule has 0 aromatic heterocycles. The zero-order valence-electron chi connectivity index (χ0n) is 14.5. The number of nitrogens with zero attached hydrogens (tertiary/aromatic N) is 1. The van der Waals surface area contributed by atoms with Crippen LogP contribution in [0.25, 0.3) is 0 Å². The smallest absolute Gasteiger partial charge is 0.248 e. The molecule has 1 aromatic rings. The predicted octanol–water partition coefficient (Wildman–Crippen LogP) is 0.618. The summed E-state index contributed by atoms with van der Waals surface area (Å²) < 4.78 is 23.3. The molecule has 8 heteroatoms. The monoisotopic (exact) mass is 353 g/mol. The Morgan fingerprint density at radius 3 is 2.80 bits per heavy atom. The minimum Gasteiger partial charge on any atom is -0.383 e. The highest BCUT2D eigenvalue weighted by molar-refractivity contribution is 5.91. The first-order valence-electron chi connectivity index (χ1n) is 8.08. The van der Waals surface area contributed by atoms with Crippen LogP contribution in [0.15, 0.2) is 24.3 Å². The van der Waals surface area contributed by atoms with Crippen LogP contribution < -0.4 is 10.6 Å². The Balaban J connectivity index is 2.17. The molecule has 0 bridgehead atoms. The Morgan fingerprint density at radius 2 is 2.12 bits per heavy atom. The Morgan fingerprint density at radius 1 is 1.32 bits per heavy atom. The van der Waals surface area contributed by atoms with Crippen molar-refractivity contribution in [1.29, 1.82) is 0 Å². The standard InChI is InChI=1S/C17H24FN3O4/c1-24-9-7-19-16(23)17(20-14-5-3-4-13(18)10-14)6-8-21(12-17)15(22)11-25-2/h3-5,10,20H,6-9,11-12H2,1-2H3,(H,19,23). The summed E-state index contributed by atoms with van der Waals surface area (Å²) in [7, 11) is 3.00. The first-order chi connectivity index (χ1) is 12.0. The van der Waals surface area contributed by atoms with Crippen LogP contribution in [-0.4, -0.2) is 69.3 Å². The van der Waals surface area contributed by atoms with Crippen molar-refractivity contribution in [2.45, 2.75) is 12.0 Å². The highest BCUT2D eigenvalue weighted by atomic mass is 19.1. The van der Waals surface area contributed by atoms with Gasteiger partial charge in [-0.05, 0) is 24.6 Å². The van der Waals surface area contributed by atoms with E-state index < -0.39 is 11.4 Å². The summed E-state index contributed by atoms with van der Waals surface area (Å²) in [6.45, 7) is 1.30. The van der Waals surface area contributed by atoms with Gasteiger partial charge in [0.25, 0.3) is 0 Å². The summed E-state index contributed by atoms with van der Waals surface area (Å²) in [5.41, 5.74) is -0.534. The van der Waals surface area contributed by atoms with Crippen molar-refractivity contribution >= 4 is 17.5 Å². The van der Waals surface area contributed by atoms with Crippen molar-refractivity contribution < 1.29 is 23.5 Å². The molecule has 0 radical (unpaired) electrons. The lowest BCUT2D eigenvalue weighted by molar-refractivity contribution is -0.134. The quantitative estimate of drug-likeness (QED) is 0.670. The van der Waals surface area contributed by atoms with E-state index in [1.54, 1.807) is 24.1 Å². The number of halogens is 1. The third-order valence-electron chi connectivity index (χ3n) is 4.12. The van der Waals surface area contributed by atoms with Crippen molar-refractivity contribution in [3.63, 3.8) is 0 Å². The molecule has 2 N–H and O–H groups in total. The highest BCUT2D eigenvalue weighted by Crippen LogP contribution is 2.27. The predicted molar refractivity (Wildman–Crippen MR) is 90.7 cm³/mol. The molecule has 2 rings (SSSR count). The molecule has 0 spiro atoms. The molecular weight excluding hydrogens is 329 g/mol. The minimum atomic E-state index is -1.02. The van der Waals surface area contributed by atoms with E-state index in [9.17, 15) is 14.0 Å². The van der Waals surface area contributed by atoms with Gasteiger partial charge in [0, 0.05) is 33.0 Å². The number of nitrogens with one attached hydrogen (secondary N) is 2. The van der Waals surface area contributed by atoms with Crippen LogP contribution in [0.4, 0.5) is 10.1 Å². The SMILES string of the molecule is COCCNC(=O)C1(Nc2cccc(F)c2)CCN(C(=O)COC)C1. The van der Waals surface area contributed by atoms with Crippen LogP contribution in [0, 0.1) is 5.82 Å². The lowest BCUT2D eigenvalue weighted by atomic mass is 9.96. The van der Waals surface area contributed by atoms with E-state index in [1.165, 1.54) is 19.2 Å². The van der Waals surface area contributed by atoms with Gasteiger partial charge in [-0.3, -0.25) is 9.59 Å². The number of hydrogen-bond donors (Lipinski definition) is 2. The van der Waals surface area contributed by atoms with Crippen molar-refractivity contribution in [2.75, 3.05) is 52.4 Å². The zero-order chi connectivity index (χ0) is 18.3. The lowest BCUT2D eigenvalue weighted by Gasteiger charge is -2.30. The molecular formula is C17H24FN3O4. The van der Waals surface area contributed by atoms with Gasteiger partial charge in [-0.15, -0.1) is 0 Å². The fourth-order valence-corrected chi connectivity index (χ4v) is 2.86. The number of carbonyl (C=O) groups excluding carboxylic acids is 2. The number of likely N-dealkylation sites (tertiary alicyclic amines) is 1. The topological polar surface area (TPSA) is 79.9 Å². The molecule has 1 atom stereocenters. The molecule has 25 heavy (non-hydrogen) atoms. The number of hydrogen-bond acceptors (Lipinski definition) is 5. The second kappa shape index (κ2) is 8.77. The summed E-state index contributed by atoms with van der Waals surface area (Å²) in [5, 5.41) is 5.92. The van der Waals surface area contributed by atoms with Crippen LogP contribution in [0.5, 0.6) is 0 Å². The second-order valence-corrected chi connectivity index (χ2v) is 5.96. The number of amides is 2. The molecule has 1 heterocycles. The van der Waals surface area contributed by atoms with Crippen molar-refractivity contribution in [3.8, 4) is 0 Å². The number of carbonyl (C=O) groups is 2.